The summed E-state index contributed by atoms with van der Waals surface area (Å²) in [7, 11) is -0.240. The van der Waals surface area contributed by atoms with E-state index in [-0.39, 0.29) is 9.79 Å². The SMILES string of the molecule is Cn1ccc2c1-c1c(cc(S(=O)(=O)c3ccccc3)c(=O)n1C)CCC2. The molecule has 2 heterocycles. The first-order valence-corrected chi connectivity index (χ1v) is 10.1. The lowest BCUT2D eigenvalue weighted by Crippen LogP contribution is -2.27. The van der Waals surface area contributed by atoms with Gasteiger partial charge < -0.3 is 9.13 Å². The van der Waals surface area contributed by atoms with E-state index in [0.29, 0.717) is 0 Å². The molecule has 26 heavy (non-hydrogen) atoms. The average molecular weight is 368 g/mol. The van der Waals surface area contributed by atoms with Crippen molar-refractivity contribution in [2.45, 2.75) is 29.1 Å². The molecule has 1 aromatic carbocycles. The van der Waals surface area contributed by atoms with Crippen LogP contribution in [0.15, 0.2) is 63.2 Å². The van der Waals surface area contributed by atoms with E-state index in [1.54, 1.807) is 31.3 Å². The monoisotopic (exact) mass is 368 g/mol. The van der Waals surface area contributed by atoms with Crippen LogP contribution in [0.5, 0.6) is 0 Å². The van der Waals surface area contributed by atoms with Gasteiger partial charge >= 0.3 is 0 Å². The number of rotatable bonds is 2. The second kappa shape index (κ2) is 5.99. The molecule has 0 amide bonds. The molecule has 134 valence electrons. The molecule has 0 aliphatic heterocycles. The number of fused-ring (bicyclic) bond motifs is 3. The Balaban J connectivity index is 2.01. The molecule has 0 fully saturated rings. The van der Waals surface area contributed by atoms with Crippen LogP contribution >= 0.6 is 0 Å². The molecule has 5 nitrogen and oxygen atoms in total. The van der Waals surface area contributed by atoms with Gasteiger partial charge in [0.2, 0.25) is 9.84 Å². The summed E-state index contributed by atoms with van der Waals surface area (Å²) in [6.07, 6.45) is 4.57. The van der Waals surface area contributed by atoms with Crippen LogP contribution in [0.1, 0.15) is 17.5 Å². The Morgan fingerprint density at radius 1 is 0.923 bits per heavy atom. The van der Waals surface area contributed by atoms with Crippen LogP contribution in [0.25, 0.3) is 11.4 Å². The smallest absolute Gasteiger partial charge is 0.270 e. The van der Waals surface area contributed by atoms with Crippen molar-refractivity contribution in [3.05, 3.63) is 70.1 Å². The minimum absolute atomic E-state index is 0.144. The number of hydrogen-bond acceptors (Lipinski definition) is 3. The molecule has 4 rings (SSSR count). The van der Waals surface area contributed by atoms with Crippen molar-refractivity contribution in [3.63, 3.8) is 0 Å². The van der Waals surface area contributed by atoms with Crippen LogP contribution in [0.2, 0.25) is 0 Å². The molecule has 0 atom stereocenters. The van der Waals surface area contributed by atoms with Crippen molar-refractivity contribution < 1.29 is 8.42 Å². The molecule has 6 heteroatoms. The van der Waals surface area contributed by atoms with E-state index in [1.165, 1.54) is 22.3 Å². The minimum atomic E-state index is -3.85. The van der Waals surface area contributed by atoms with Gasteiger partial charge in [0.05, 0.1) is 16.3 Å². The van der Waals surface area contributed by atoms with Crippen molar-refractivity contribution in [3.8, 4) is 11.4 Å². The summed E-state index contributed by atoms with van der Waals surface area (Å²) < 4.78 is 29.5. The van der Waals surface area contributed by atoms with Crippen LogP contribution in [-0.2, 0) is 36.8 Å². The highest BCUT2D eigenvalue weighted by atomic mass is 32.2. The third-order valence-electron chi connectivity index (χ3n) is 5.08. The first-order valence-electron chi connectivity index (χ1n) is 8.59. The average Bonchev–Trinajstić information content (AvgIpc) is 2.88. The van der Waals surface area contributed by atoms with E-state index in [2.05, 4.69) is 6.07 Å². The molecule has 1 aliphatic rings. The van der Waals surface area contributed by atoms with Gasteiger partial charge in [0.25, 0.3) is 5.56 Å². The Morgan fingerprint density at radius 3 is 2.35 bits per heavy atom. The number of sulfone groups is 1. The molecule has 0 bridgehead atoms. The second-order valence-corrected chi connectivity index (χ2v) is 8.64. The number of hydrogen-bond donors (Lipinski definition) is 0. The van der Waals surface area contributed by atoms with E-state index in [4.69, 9.17) is 0 Å². The molecule has 0 spiro atoms. The van der Waals surface area contributed by atoms with Crippen molar-refractivity contribution in [1.29, 1.82) is 0 Å². The summed E-state index contributed by atoms with van der Waals surface area (Å²) in [6, 6.07) is 11.8. The molecule has 1 aliphatic carbocycles. The highest BCUT2D eigenvalue weighted by molar-refractivity contribution is 7.91. The molecule has 0 unspecified atom stereocenters. The highest BCUT2D eigenvalue weighted by Crippen LogP contribution is 2.33. The maximum absolute atomic E-state index is 13.0. The van der Waals surface area contributed by atoms with Crippen molar-refractivity contribution >= 4 is 9.84 Å². The Morgan fingerprint density at radius 2 is 1.62 bits per heavy atom. The van der Waals surface area contributed by atoms with Crippen molar-refractivity contribution in [2.24, 2.45) is 14.1 Å². The molecular weight excluding hydrogens is 348 g/mol. The summed E-state index contributed by atoms with van der Waals surface area (Å²) >= 11 is 0. The van der Waals surface area contributed by atoms with Crippen LogP contribution in [0.4, 0.5) is 0 Å². The van der Waals surface area contributed by atoms with Gasteiger partial charge in [-0.05, 0) is 54.7 Å². The second-order valence-electron chi connectivity index (χ2n) is 6.72. The van der Waals surface area contributed by atoms with Crippen molar-refractivity contribution in [1.82, 2.24) is 9.13 Å². The number of pyridine rings is 1. The Kier molecular flexibility index (Phi) is 3.88. The fraction of sp³-hybridized carbons (Fsp3) is 0.250. The van der Waals surface area contributed by atoms with Crippen LogP contribution in [-0.4, -0.2) is 17.6 Å². The van der Waals surface area contributed by atoms with Crippen LogP contribution < -0.4 is 5.56 Å². The fourth-order valence-corrected chi connectivity index (χ4v) is 5.20. The van der Waals surface area contributed by atoms with Gasteiger partial charge in [-0.15, -0.1) is 0 Å². The third kappa shape index (κ3) is 2.44. The summed E-state index contributed by atoms with van der Waals surface area (Å²) in [6.45, 7) is 0. The van der Waals surface area contributed by atoms with Crippen LogP contribution in [0.3, 0.4) is 0 Å². The predicted octanol–water partition coefficient (Wildman–Crippen LogP) is 2.71. The summed E-state index contributed by atoms with van der Waals surface area (Å²) in [5, 5.41) is 0. The normalized spacial score (nSPS) is 13.8. The van der Waals surface area contributed by atoms with Crippen LogP contribution in [0, 0.1) is 0 Å². The number of benzene rings is 1. The van der Waals surface area contributed by atoms with E-state index in [9.17, 15) is 13.2 Å². The van der Waals surface area contributed by atoms with E-state index in [1.807, 2.05) is 17.8 Å². The van der Waals surface area contributed by atoms with E-state index >= 15 is 0 Å². The zero-order chi connectivity index (χ0) is 18.5. The topological polar surface area (TPSA) is 61.1 Å². The zero-order valence-corrected chi connectivity index (χ0v) is 15.6. The number of nitrogens with zero attached hydrogens (tertiary/aromatic N) is 2. The molecule has 3 aromatic rings. The first kappa shape index (κ1) is 16.8. The quantitative estimate of drug-likeness (QED) is 0.699. The molecule has 2 aromatic heterocycles. The number of aromatic nitrogens is 2. The van der Waals surface area contributed by atoms with Gasteiger partial charge in [0.1, 0.15) is 4.90 Å². The van der Waals surface area contributed by atoms with Gasteiger partial charge in [-0.1, -0.05) is 18.2 Å². The Labute approximate surface area is 152 Å². The predicted molar refractivity (Wildman–Crippen MR) is 100 cm³/mol. The molecule has 0 saturated heterocycles. The van der Waals surface area contributed by atoms with Gasteiger partial charge in [0, 0.05) is 20.3 Å². The zero-order valence-electron chi connectivity index (χ0n) is 14.8. The summed E-state index contributed by atoms with van der Waals surface area (Å²) in [5.41, 5.74) is 3.44. The van der Waals surface area contributed by atoms with Gasteiger partial charge in [0.15, 0.2) is 0 Å². The van der Waals surface area contributed by atoms with Gasteiger partial charge in [-0.2, -0.15) is 0 Å². The lowest BCUT2D eigenvalue weighted by Gasteiger charge is -2.16. The lowest BCUT2D eigenvalue weighted by atomic mass is 10.1. The first-order chi connectivity index (χ1) is 12.4. The highest BCUT2D eigenvalue weighted by Gasteiger charge is 2.27. The summed E-state index contributed by atoms with van der Waals surface area (Å²) in [5.74, 6) is 0. The Hall–Kier alpha value is -2.60. The van der Waals surface area contributed by atoms with E-state index in [0.717, 1.165) is 36.2 Å². The minimum Gasteiger partial charge on any atom is -0.349 e. The summed E-state index contributed by atoms with van der Waals surface area (Å²) in [4.78, 5) is 13.0. The molecule has 0 N–H and O–H groups in total. The van der Waals surface area contributed by atoms with Crippen molar-refractivity contribution in [2.75, 3.05) is 0 Å². The number of aryl methyl sites for hydroxylation is 3. The van der Waals surface area contributed by atoms with Gasteiger partial charge in [-0.3, -0.25) is 4.79 Å². The molecular formula is C20H20N2O3S. The largest absolute Gasteiger partial charge is 0.349 e. The van der Waals surface area contributed by atoms with E-state index < -0.39 is 15.4 Å². The fourth-order valence-electron chi connectivity index (χ4n) is 3.76. The maximum atomic E-state index is 13.0. The maximum Gasteiger partial charge on any atom is 0.270 e. The molecule has 0 saturated carbocycles. The lowest BCUT2D eigenvalue weighted by molar-refractivity contribution is 0.592. The Bertz CT molecular complexity index is 1160. The third-order valence-corrected chi connectivity index (χ3v) is 6.84. The standard InChI is InChI=1S/C20H20N2O3S/c1-21-12-11-14-7-6-8-15-13-17(20(23)22(2)19(15)18(14)21)26(24,25)16-9-4-3-5-10-16/h3-5,9-13H,6-8H2,1-2H3. The van der Waals surface area contributed by atoms with Gasteiger partial charge in [-0.25, -0.2) is 8.42 Å². The molecule has 0 radical (unpaired) electrons.